The van der Waals surface area contributed by atoms with E-state index in [1.807, 2.05) is 11.8 Å². The highest BCUT2D eigenvalue weighted by Gasteiger charge is 2.49. The van der Waals surface area contributed by atoms with E-state index in [0.717, 1.165) is 38.8 Å². The minimum Gasteiger partial charge on any atom is -0.480 e. The highest BCUT2D eigenvalue weighted by atomic mass is 16.5. The molecule has 0 radical (unpaired) electrons. The van der Waals surface area contributed by atoms with Crippen molar-refractivity contribution in [3.63, 3.8) is 0 Å². The fourth-order valence-corrected chi connectivity index (χ4v) is 3.52. The second-order valence-corrected chi connectivity index (χ2v) is 6.60. The maximum atomic E-state index is 12.8. The lowest BCUT2D eigenvalue weighted by atomic mass is 9.74. The van der Waals surface area contributed by atoms with Crippen molar-refractivity contribution in [2.75, 3.05) is 32.8 Å². The Morgan fingerprint density at radius 2 is 2.10 bits per heavy atom. The molecule has 1 amide bonds. The molecular formula is C15H26N2O4. The molecule has 0 bridgehead atoms. The van der Waals surface area contributed by atoms with E-state index in [1.165, 1.54) is 0 Å². The smallest absolute Gasteiger partial charge is 0.329 e. The van der Waals surface area contributed by atoms with Crippen LogP contribution in [0.5, 0.6) is 0 Å². The molecule has 6 heteroatoms. The first-order valence-corrected chi connectivity index (χ1v) is 7.77. The fourth-order valence-electron chi connectivity index (χ4n) is 3.52. The molecule has 0 saturated carbocycles. The Balaban J connectivity index is 1.93. The van der Waals surface area contributed by atoms with E-state index in [0.29, 0.717) is 13.1 Å². The topological polar surface area (TPSA) is 78.9 Å². The van der Waals surface area contributed by atoms with Crippen LogP contribution >= 0.6 is 0 Å². The number of carbonyl (C=O) groups excluding carboxylic acids is 1. The van der Waals surface area contributed by atoms with Crippen LogP contribution < -0.4 is 5.32 Å². The summed E-state index contributed by atoms with van der Waals surface area (Å²) in [6, 6.07) is 0. The van der Waals surface area contributed by atoms with E-state index in [4.69, 9.17) is 9.84 Å². The Bertz CT molecular complexity index is 393. The highest BCUT2D eigenvalue weighted by molar-refractivity contribution is 5.84. The van der Waals surface area contributed by atoms with Crippen LogP contribution in [0.4, 0.5) is 0 Å². The second-order valence-electron chi connectivity index (χ2n) is 6.60. The first kappa shape index (κ1) is 16.2. The molecular weight excluding hydrogens is 272 g/mol. The van der Waals surface area contributed by atoms with Crippen molar-refractivity contribution in [1.82, 2.24) is 10.2 Å². The molecule has 0 aliphatic carbocycles. The van der Waals surface area contributed by atoms with Gasteiger partial charge in [-0.2, -0.15) is 0 Å². The predicted molar refractivity (Wildman–Crippen MR) is 78.0 cm³/mol. The van der Waals surface area contributed by atoms with Crippen molar-refractivity contribution in [1.29, 1.82) is 0 Å². The Labute approximate surface area is 125 Å². The number of likely N-dealkylation sites (tertiary alicyclic amines) is 1. The predicted octanol–water partition coefficient (Wildman–Crippen LogP) is 0.858. The number of ether oxygens (including phenoxy) is 1. The van der Waals surface area contributed by atoms with E-state index in [9.17, 15) is 9.59 Å². The van der Waals surface area contributed by atoms with E-state index < -0.39 is 11.6 Å². The summed E-state index contributed by atoms with van der Waals surface area (Å²) < 4.78 is 5.38. The van der Waals surface area contributed by atoms with Gasteiger partial charge in [0.05, 0.1) is 18.5 Å². The van der Waals surface area contributed by atoms with Gasteiger partial charge in [-0.1, -0.05) is 13.3 Å². The van der Waals surface area contributed by atoms with Crippen LogP contribution in [0.1, 0.15) is 39.5 Å². The fraction of sp³-hybridized carbons (Fsp3) is 0.867. The van der Waals surface area contributed by atoms with Crippen molar-refractivity contribution in [3.05, 3.63) is 0 Å². The van der Waals surface area contributed by atoms with Gasteiger partial charge in [0.25, 0.3) is 0 Å². The van der Waals surface area contributed by atoms with Crippen LogP contribution in [0, 0.1) is 5.41 Å². The van der Waals surface area contributed by atoms with Gasteiger partial charge in [0, 0.05) is 6.54 Å². The number of hydrogen-bond donors (Lipinski definition) is 2. The van der Waals surface area contributed by atoms with Gasteiger partial charge in [0.2, 0.25) is 5.91 Å². The molecule has 1 atom stereocenters. The third-order valence-electron chi connectivity index (χ3n) is 4.54. The summed E-state index contributed by atoms with van der Waals surface area (Å²) in [6.07, 6.45) is 3.87. The molecule has 2 N–H and O–H groups in total. The Morgan fingerprint density at radius 3 is 2.62 bits per heavy atom. The maximum Gasteiger partial charge on any atom is 0.329 e. The number of aliphatic carboxylic acids is 1. The summed E-state index contributed by atoms with van der Waals surface area (Å²) in [7, 11) is 0. The lowest BCUT2D eigenvalue weighted by Crippen LogP contribution is -2.67. The third-order valence-corrected chi connectivity index (χ3v) is 4.54. The summed E-state index contributed by atoms with van der Waals surface area (Å²) >= 11 is 0. The van der Waals surface area contributed by atoms with Crippen molar-refractivity contribution < 1.29 is 19.4 Å². The van der Waals surface area contributed by atoms with Gasteiger partial charge in [0.1, 0.15) is 12.2 Å². The number of nitrogens with one attached hydrogen (secondary N) is 1. The quantitative estimate of drug-likeness (QED) is 0.760. The minimum absolute atomic E-state index is 0.202. The number of carboxylic acids is 1. The summed E-state index contributed by atoms with van der Waals surface area (Å²) in [5.41, 5.74) is -0.787. The molecule has 2 aliphatic heterocycles. The van der Waals surface area contributed by atoms with Crippen molar-refractivity contribution >= 4 is 11.9 Å². The van der Waals surface area contributed by atoms with E-state index in [2.05, 4.69) is 12.2 Å². The summed E-state index contributed by atoms with van der Waals surface area (Å²) in [5, 5.41) is 12.0. The summed E-state index contributed by atoms with van der Waals surface area (Å²) in [6.45, 7) is 6.39. The molecule has 2 aliphatic rings. The molecule has 0 aromatic heterocycles. The lowest BCUT2D eigenvalue weighted by molar-refractivity contribution is -0.180. The number of carbonyl (C=O) groups is 2. The molecule has 0 spiro atoms. The molecule has 0 aromatic rings. The van der Waals surface area contributed by atoms with Crippen molar-refractivity contribution in [2.45, 2.75) is 45.1 Å². The molecule has 2 saturated heterocycles. The van der Waals surface area contributed by atoms with Crippen LogP contribution in [0.2, 0.25) is 0 Å². The average Bonchev–Trinajstić information content (AvgIpc) is 2.42. The van der Waals surface area contributed by atoms with Gasteiger partial charge in [-0.3, -0.25) is 4.79 Å². The Hall–Kier alpha value is -1.14. The largest absolute Gasteiger partial charge is 0.480 e. The van der Waals surface area contributed by atoms with E-state index in [1.54, 1.807) is 0 Å². The van der Waals surface area contributed by atoms with Crippen LogP contribution in [-0.2, 0) is 14.3 Å². The van der Waals surface area contributed by atoms with Crippen LogP contribution in [-0.4, -0.2) is 60.3 Å². The lowest BCUT2D eigenvalue weighted by Gasteiger charge is -2.51. The molecule has 6 nitrogen and oxygen atoms in total. The number of nitrogens with zero attached hydrogens (tertiary/aromatic N) is 1. The minimum atomic E-state index is -0.972. The van der Waals surface area contributed by atoms with Gasteiger partial charge in [-0.05, 0) is 32.7 Å². The van der Waals surface area contributed by atoms with Gasteiger partial charge >= 0.3 is 5.97 Å². The molecule has 2 rings (SSSR count). The molecule has 2 heterocycles. The molecule has 120 valence electrons. The van der Waals surface area contributed by atoms with E-state index in [-0.39, 0.29) is 17.9 Å². The monoisotopic (exact) mass is 298 g/mol. The normalized spacial score (nSPS) is 28.0. The zero-order chi connectivity index (χ0) is 15.5. The van der Waals surface area contributed by atoms with Gasteiger partial charge in [0.15, 0.2) is 0 Å². The standard InChI is InChI=1S/C15H26N2O4/c1-3-5-15(6-4-7-16-9-15)13(20)17-10-14(2,11-17)21-8-12(18)19/h16H,3-11H2,1-2H3,(H,18,19). The Morgan fingerprint density at radius 1 is 1.38 bits per heavy atom. The number of piperidine rings is 1. The molecule has 21 heavy (non-hydrogen) atoms. The van der Waals surface area contributed by atoms with Gasteiger partial charge in [-0.25, -0.2) is 4.79 Å². The first-order chi connectivity index (χ1) is 9.91. The second kappa shape index (κ2) is 6.32. The number of rotatable bonds is 6. The van der Waals surface area contributed by atoms with Crippen LogP contribution in [0.15, 0.2) is 0 Å². The van der Waals surface area contributed by atoms with Gasteiger partial charge in [-0.15, -0.1) is 0 Å². The zero-order valence-electron chi connectivity index (χ0n) is 13.0. The number of amides is 1. The van der Waals surface area contributed by atoms with Crippen LogP contribution in [0.25, 0.3) is 0 Å². The molecule has 0 aromatic carbocycles. The van der Waals surface area contributed by atoms with Crippen molar-refractivity contribution in [3.8, 4) is 0 Å². The zero-order valence-corrected chi connectivity index (χ0v) is 13.0. The van der Waals surface area contributed by atoms with Crippen LogP contribution in [0.3, 0.4) is 0 Å². The maximum absolute atomic E-state index is 12.8. The first-order valence-electron chi connectivity index (χ1n) is 7.77. The molecule has 2 fully saturated rings. The summed E-state index contributed by atoms with van der Waals surface area (Å²) in [5.74, 6) is -0.770. The summed E-state index contributed by atoms with van der Waals surface area (Å²) in [4.78, 5) is 25.2. The SMILES string of the molecule is CCCC1(C(=O)N2CC(C)(OCC(=O)O)C2)CCCNC1. The third kappa shape index (κ3) is 3.55. The molecule has 1 unspecified atom stereocenters. The van der Waals surface area contributed by atoms with E-state index >= 15 is 0 Å². The highest BCUT2D eigenvalue weighted by Crippen LogP contribution is 2.37. The Kier molecular flexibility index (Phi) is 4.88. The number of hydrogen-bond acceptors (Lipinski definition) is 4. The average molecular weight is 298 g/mol. The van der Waals surface area contributed by atoms with Crippen molar-refractivity contribution in [2.24, 2.45) is 5.41 Å². The number of carboxylic acid groups (broad SMARTS) is 1. The van der Waals surface area contributed by atoms with Gasteiger partial charge < -0.3 is 20.1 Å².